The van der Waals surface area contributed by atoms with Crippen LogP contribution in [0.2, 0.25) is 0 Å². The molecule has 0 saturated heterocycles. The van der Waals surface area contributed by atoms with E-state index < -0.39 is 0 Å². The van der Waals surface area contributed by atoms with Gasteiger partial charge in [-0.2, -0.15) is 0 Å². The van der Waals surface area contributed by atoms with Crippen molar-refractivity contribution >= 4 is 5.97 Å². The van der Waals surface area contributed by atoms with Crippen LogP contribution in [0.1, 0.15) is 102 Å². The number of carbonyl (C=O) groups excluding carboxylic acids is 1. The zero-order valence-electron chi connectivity index (χ0n) is 23.7. The summed E-state index contributed by atoms with van der Waals surface area (Å²) in [6.07, 6.45) is 13.0. The maximum atomic E-state index is 12.8. The molecule has 0 aliphatic heterocycles. The van der Waals surface area contributed by atoms with Crippen molar-refractivity contribution in [1.29, 1.82) is 0 Å². The molecule has 1 saturated carbocycles. The normalized spacial score (nSPS) is 18.5. The third-order valence-electron chi connectivity index (χ3n) is 7.91. The van der Waals surface area contributed by atoms with E-state index in [1.807, 2.05) is 36.4 Å². The molecule has 0 radical (unpaired) electrons. The van der Waals surface area contributed by atoms with E-state index in [-0.39, 0.29) is 12.1 Å². The molecule has 1 aliphatic rings. The summed E-state index contributed by atoms with van der Waals surface area (Å²) >= 11 is 0. The fourth-order valence-electron chi connectivity index (χ4n) is 5.21. The summed E-state index contributed by atoms with van der Waals surface area (Å²) in [4.78, 5) is 15.3. The minimum Gasteiger partial charge on any atom is -0.494 e. The highest BCUT2D eigenvalue weighted by Gasteiger charge is 2.27. The molecule has 3 rings (SSSR count). The van der Waals surface area contributed by atoms with Crippen LogP contribution in [-0.2, 0) is 4.74 Å². The second-order valence-electron chi connectivity index (χ2n) is 11.0. The van der Waals surface area contributed by atoms with Crippen LogP contribution in [0.25, 0.3) is 11.1 Å². The highest BCUT2D eigenvalue weighted by molar-refractivity contribution is 5.90. The summed E-state index contributed by atoms with van der Waals surface area (Å²) in [5.74, 6) is 1.43. The minimum absolute atomic E-state index is 0.0318. The van der Waals surface area contributed by atoms with Gasteiger partial charge in [-0.25, -0.2) is 4.79 Å². The lowest BCUT2D eigenvalue weighted by atomic mass is 9.91. The molecule has 0 bridgehead atoms. The number of benzene rings is 2. The Balaban J connectivity index is 1.41. The maximum absolute atomic E-state index is 12.8. The van der Waals surface area contributed by atoms with Crippen LogP contribution in [0.4, 0.5) is 0 Å². The van der Waals surface area contributed by atoms with E-state index in [4.69, 9.17) is 9.47 Å². The largest absolute Gasteiger partial charge is 0.494 e. The molecule has 0 aromatic heterocycles. The molecule has 0 spiro atoms. The molecule has 2 aromatic carbocycles. The van der Waals surface area contributed by atoms with Gasteiger partial charge in [0.25, 0.3) is 0 Å². The molecular formula is C33H49NO3. The number of hydrogen-bond donors (Lipinski definition) is 0. The number of ether oxygens (including phenoxy) is 2. The molecule has 0 unspecified atom stereocenters. The molecular weight excluding hydrogens is 458 g/mol. The highest BCUT2D eigenvalue weighted by atomic mass is 16.5. The molecule has 4 heteroatoms. The Bertz CT molecular complexity index is 900. The second-order valence-corrected chi connectivity index (χ2v) is 11.0. The Hall–Kier alpha value is -2.33. The lowest BCUT2D eigenvalue weighted by Gasteiger charge is -2.35. The lowest BCUT2D eigenvalue weighted by Crippen LogP contribution is -2.39. The smallest absolute Gasteiger partial charge is 0.338 e. The van der Waals surface area contributed by atoms with Gasteiger partial charge in [-0.15, -0.1) is 0 Å². The third-order valence-corrected chi connectivity index (χ3v) is 7.91. The molecule has 37 heavy (non-hydrogen) atoms. The van der Waals surface area contributed by atoms with Gasteiger partial charge < -0.3 is 14.4 Å². The second kappa shape index (κ2) is 15.8. The lowest BCUT2D eigenvalue weighted by molar-refractivity contribution is 0.0121. The third kappa shape index (κ3) is 9.81. The van der Waals surface area contributed by atoms with E-state index in [1.54, 1.807) is 0 Å². The van der Waals surface area contributed by atoms with E-state index in [0.717, 1.165) is 68.1 Å². The quantitative estimate of drug-likeness (QED) is 0.179. The van der Waals surface area contributed by atoms with Gasteiger partial charge in [0.2, 0.25) is 0 Å². The first-order chi connectivity index (χ1) is 18.0. The van der Waals surface area contributed by atoms with Crippen molar-refractivity contribution in [3.05, 3.63) is 54.1 Å². The topological polar surface area (TPSA) is 38.8 Å². The standard InChI is InChI=1S/C33H49NO3/c1-5-7-8-9-10-11-24-36-31-20-16-28(17-21-31)27-12-14-29(15-13-27)33(35)37-32-22-18-30(19-23-32)34(4)25-26(3)6-2/h12-17,20-21,26,30,32H,5-11,18-19,22-25H2,1-4H3/t26-,30-,32-/m0/s1. The van der Waals surface area contributed by atoms with Gasteiger partial charge in [0.1, 0.15) is 11.9 Å². The maximum Gasteiger partial charge on any atom is 0.338 e. The van der Waals surface area contributed by atoms with Crippen LogP contribution in [-0.4, -0.2) is 43.2 Å². The Labute approximate surface area is 225 Å². The minimum atomic E-state index is -0.207. The summed E-state index contributed by atoms with van der Waals surface area (Å²) in [7, 11) is 2.24. The Kier molecular flexibility index (Phi) is 12.5. The number of nitrogens with zero attached hydrogens (tertiary/aromatic N) is 1. The van der Waals surface area contributed by atoms with Gasteiger partial charge in [-0.05, 0) is 80.5 Å². The van der Waals surface area contributed by atoms with E-state index in [1.165, 1.54) is 38.5 Å². The average molecular weight is 508 g/mol. The van der Waals surface area contributed by atoms with Crippen LogP contribution >= 0.6 is 0 Å². The molecule has 1 atom stereocenters. The Morgan fingerprint density at radius 1 is 0.865 bits per heavy atom. The predicted molar refractivity (Wildman–Crippen MR) is 154 cm³/mol. The van der Waals surface area contributed by atoms with Crippen LogP contribution in [0.5, 0.6) is 5.75 Å². The van der Waals surface area contributed by atoms with E-state index in [2.05, 4.69) is 44.9 Å². The molecule has 0 amide bonds. The van der Waals surface area contributed by atoms with E-state index in [9.17, 15) is 4.79 Å². The molecule has 4 nitrogen and oxygen atoms in total. The first-order valence-corrected chi connectivity index (χ1v) is 14.7. The molecule has 1 aliphatic carbocycles. The molecule has 204 valence electrons. The van der Waals surface area contributed by atoms with Crippen molar-refractivity contribution in [2.45, 2.75) is 104 Å². The SMILES string of the molecule is CCCCCCCCOc1ccc(-c2ccc(C(=O)O[C@H]3CC[C@H](N(C)C[C@@H](C)CC)CC3)cc2)cc1. The number of rotatable bonds is 15. The number of esters is 1. The van der Waals surface area contributed by atoms with Crippen molar-refractivity contribution in [3.8, 4) is 16.9 Å². The summed E-state index contributed by atoms with van der Waals surface area (Å²) in [6, 6.07) is 16.6. The summed E-state index contributed by atoms with van der Waals surface area (Å²) in [6.45, 7) is 8.74. The monoisotopic (exact) mass is 507 g/mol. The number of carbonyl (C=O) groups is 1. The zero-order valence-corrected chi connectivity index (χ0v) is 23.7. The van der Waals surface area contributed by atoms with Crippen molar-refractivity contribution in [3.63, 3.8) is 0 Å². The fraction of sp³-hybridized carbons (Fsp3) is 0.606. The molecule has 2 aromatic rings. The zero-order chi connectivity index (χ0) is 26.5. The number of unbranched alkanes of at least 4 members (excludes halogenated alkanes) is 5. The Morgan fingerprint density at radius 2 is 1.46 bits per heavy atom. The molecule has 1 fully saturated rings. The van der Waals surface area contributed by atoms with Gasteiger partial charge in [-0.1, -0.05) is 83.6 Å². The predicted octanol–water partition coefficient (Wildman–Crippen LogP) is 8.54. The summed E-state index contributed by atoms with van der Waals surface area (Å²) in [5, 5.41) is 0. The summed E-state index contributed by atoms with van der Waals surface area (Å²) in [5.41, 5.74) is 2.83. The highest BCUT2D eigenvalue weighted by Crippen LogP contribution is 2.27. The van der Waals surface area contributed by atoms with Crippen molar-refractivity contribution in [2.24, 2.45) is 5.92 Å². The Morgan fingerprint density at radius 3 is 2.08 bits per heavy atom. The van der Waals surface area contributed by atoms with Crippen LogP contribution in [0.3, 0.4) is 0 Å². The van der Waals surface area contributed by atoms with Gasteiger partial charge >= 0.3 is 5.97 Å². The van der Waals surface area contributed by atoms with Crippen LogP contribution in [0, 0.1) is 5.92 Å². The van der Waals surface area contributed by atoms with Gasteiger partial charge in [0, 0.05) is 12.6 Å². The van der Waals surface area contributed by atoms with Crippen molar-refractivity contribution in [1.82, 2.24) is 4.90 Å². The van der Waals surface area contributed by atoms with Gasteiger partial charge in [0.05, 0.1) is 12.2 Å². The van der Waals surface area contributed by atoms with Crippen molar-refractivity contribution in [2.75, 3.05) is 20.2 Å². The van der Waals surface area contributed by atoms with E-state index >= 15 is 0 Å². The number of hydrogen-bond acceptors (Lipinski definition) is 4. The van der Waals surface area contributed by atoms with Crippen LogP contribution in [0.15, 0.2) is 48.5 Å². The average Bonchev–Trinajstić information content (AvgIpc) is 2.93. The first-order valence-electron chi connectivity index (χ1n) is 14.7. The van der Waals surface area contributed by atoms with Crippen LogP contribution < -0.4 is 4.74 Å². The van der Waals surface area contributed by atoms with Crippen molar-refractivity contribution < 1.29 is 14.3 Å². The van der Waals surface area contributed by atoms with Gasteiger partial charge in [0.15, 0.2) is 0 Å². The van der Waals surface area contributed by atoms with E-state index in [0.29, 0.717) is 11.6 Å². The molecule has 0 heterocycles. The summed E-state index contributed by atoms with van der Waals surface area (Å²) < 4.78 is 11.8. The van der Waals surface area contributed by atoms with Gasteiger partial charge in [-0.3, -0.25) is 0 Å². The first kappa shape index (κ1) is 29.2. The molecule has 0 N–H and O–H groups in total. The fourth-order valence-corrected chi connectivity index (χ4v) is 5.21.